The number of ether oxygens (including phenoxy) is 1. The van der Waals surface area contributed by atoms with E-state index in [1.165, 1.54) is 64.9 Å². The van der Waals surface area contributed by atoms with Crippen molar-refractivity contribution < 1.29 is 14.6 Å². The number of methoxy groups -OCH3 is 1. The molecule has 6 nitrogen and oxygen atoms in total. The molecule has 4 aliphatic rings. The average Bonchev–Trinajstić information content (AvgIpc) is 3.33. The largest absolute Gasteiger partial charge is 0.469 e. The van der Waals surface area contributed by atoms with Crippen LogP contribution in [0, 0.1) is 46.3 Å². The molecule has 5 rings (SSSR count). The first-order valence-electron chi connectivity index (χ1n) is 16.8. The molecule has 0 aliphatic heterocycles. The molecule has 1 heterocycles. The van der Waals surface area contributed by atoms with Crippen LogP contribution in [-0.4, -0.2) is 48.4 Å². The maximum atomic E-state index is 11.8. The van der Waals surface area contributed by atoms with E-state index in [0.717, 1.165) is 38.2 Å². The van der Waals surface area contributed by atoms with Crippen molar-refractivity contribution in [1.82, 2.24) is 15.6 Å². The Morgan fingerprint density at radius 2 is 1.85 bits per heavy atom. The molecule has 1 unspecified atom stereocenters. The fourth-order valence-corrected chi connectivity index (χ4v) is 10.4. The van der Waals surface area contributed by atoms with E-state index in [4.69, 9.17) is 4.74 Å². The number of aliphatic hydroxyl groups excluding tert-OH is 1. The molecule has 4 fully saturated rings. The van der Waals surface area contributed by atoms with Gasteiger partial charge in [-0.2, -0.15) is 0 Å². The van der Waals surface area contributed by atoms with Gasteiger partial charge in [0.25, 0.3) is 0 Å². The van der Waals surface area contributed by atoms with Crippen molar-refractivity contribution in [3.8, 4) is 0 Å². The molecule has 0 spiro atoms. The number of hydrogen-bond acceptors (Lipinski definition) is 6. The predicted molar refractivity (Wildman–Crippen MR) is 164 cm³/mol. The summed E-state index contributed by atoms with van der Waals surface area (Å²) >= 11 is 0. The fraction of sp³-hybridized carbons (Fsp3) is 0.829. The maximum absolute atomic E-state index is 11.8. The number of esters is 1. The van der Waals surface area contributed by atoms with Gasteiger partial charge in [0.05, 0.1) is 18.9 Å². The van der Waals surface area contributed by atoms with Gasteiger partial charge in [0.15, 0.2) is 0 Å². The summed E-state index contributed by atoms with van der Waals surface area (Å²) in [5.41, 5.74) is 1.77. The molecule has 0 bridgehead atoms. The summed E-state index contributed by atoms with van der Waals surface area (Å²) < 4.78 is 4.92. The van der Waals surface area contributed by atoms with E-state index in [0.29, 0.717) is 58.8 Å². The van der Waals surface area contributed by atoms with Crippen LogP contribution < -0.4 is 10.6 Å². The van der Waals surface area contributed by atoms with Gasteiger partial charge < -0.3 is 20.5 Å². The van der Waals surface area contributed by atoms with Crippen LogP contribution in [0.1, 0.15) is 104 Å². The molecular weight excluding hydrogens is 510 g/mol. The second-order valence-corrected chi connectivity index (χ2v) is 14.7. The van der Waals surface area contributed by atoms with E-state index in [2.05, 4.69) is 42.5 Å². The third-order valence-electron chi connectivity index (χ3n) is 12.7. The molecule has 0 amide bonds. The first-order chi connectivity index (χ1) is 19.8. The first-order valence-corrected chi connectivity index (χ1v) is 16.8. The Balaban J connectivity index is 1.10. The van der Waals surface area contributed by atoms with Crippen LogP contribution in [0.3, 0.4) is 0 Å². The number of pyridine rings is 1. The summed E-state index contributed by atoms with van der Waals surface area (Å²) in [4.78, 5) is 16.2. The van der Waals surface area contributed by atoms with Crippen molar-refractivity contribution in [1.29, 1.82) is 0 Å². The first kappa shape index (κ1) is 30.9. The second kappa shape index (κ2) is 13.4. The van der Waals surface area contributed by atoms with E-state index in [1.54, 1.807) is 0 Å². The molecule has 41 heavy (non-hydrogen) atoms. The number of rotatable bonds is 12. The number of nitrogens with one attached hydrogen (secondary N) is 2. The van der Waals surface area contributed by atoms with Crippen LogP contribution in [0.2, 0.25) is 0 Å². The third kappa shape index (κ3) is 6.55. The van der Waals surface area contributed by atoms with Gasteiger partial charge in [0.2, 0.25) is 0 Å². The highest BCUT2D eigenvalue weighted by Gasteiger charge is 2.62. The highest BCUT2D eigenvalue weighted by atomic mass is 16.5. The summed E-state index contributed by atoms with van der Waals surface area (Å²) in [7, 11) is 1.49. The Morgan fingerprint density at radius 3 is 2.63 bits per heavy atom. The number of hydrogen-bond donors (Lipinski definition) is 3. The number of aromatic nitrogens is 1. The van der Waals surface area contributed by atoms with Gasteiger partial charge in [-0.25, -0.2) is 0 Å². The van der Waals surface area contributed by atoms with E-state index in [1.807, 2.05) is 18.3 Å². The normalized spacial score (nSPS) is 38.9. The molecule has 1 aromatic heterocycles. The van der Waals surface area contributed by atoms with Crippen molar-refractivity contribution in [3.05, 3.63) is 30.1 Å². The van der Waals surface area contributed by atoms with Crippen molar-refractivity contribution >= 4 is 5.97 Å². The summed E-state index contributed by atoms with van der Waals surface area (Å²) in [5, 5.41) is 19.1. The van der Waals surface area contributed by atoms with Gasteiger partial charge >= 0.3 is 5.97 Å². The topological polar surface area (TPSA) is 83.5 Å². The lowest BCUT2D eigenvalue weighted by Crippen LogP contribution is -2.59. The lowest BCUT2D eigenvalue weighted by Gasteiger charge is -2.62. The SMILES string of the molecule is COC(=O)CC[C@@H](C)[C@H]1CC[C@H]2[C@@H]3[C@H](O)CC4C[C@@H](NCCCCNCc5ccccn5)CC[C@]4(C)[C@H]3CC[C@]12C. The summed E-state index contributed by atoms with van der Waals surface area (Å²) in [6.07, 6.45) is 15.4. The Bertz CT molecular complexity index is 990. The zero-order valence-corrected chi connectivity index (χ0v) is 26.2. The Morgan fingerprint density at radius 1 is 1.07 bits per heavy atom. The minimum absolute atomic E-state index is 0.0827. The van der Waals surface area contributed by atoms with E-state index >= 15 is 0 Å². The second-order valence-electron chi connectivity index (χ2n) is 14.7. The van der Waals surface area contributed by atoms with Crippen molar-refractivity contribution in [2.45, 2.75) is 117 Å². The van der Waals surface area contributed by atoms with Crippen molar-refractivity contribution in [2.24, 2.45) is 46.3 Å². The quantitative estimate of drug-likeness (QED) is 0.208. The number of nitrogens with zero attached hydrogens (tertiary/aromatic N) is 1. The molecule has 4 saturated carbocycles. The Hall–Kier alpha value is -1.50. The molecule has 6 heteroatoms. The lowest BCUT2D eigenvalue weighted by atomic mass is 9.43. The van der Waals surface area contributed by atoms with Gasteiger partial charge in [-0.1, -0.05) is 26.8 Å². The Kier molecular flexibility index (Phi) is 10.1. The van der Waals surface area contributed by atoms with Crippen LogP contribution >= 0.6 is 0 Å². The van der Waals surface area contributed by atoms with Gasteiger partial charge in [0, 0.05) is 25.2 Å². The highest BCUT2D eigenvalue weighted by Crippen LogP contribution is 2.68. The Labute approximate surface area is 249 Å². The van der Waals surface area contributed by atoms with Crippen LogP contribution in [-0.2, 0) is 16.1 Å². The molecule has 3 N–H and O–H groups in total. The number of carbonyl (C=O) groups is 1. The van der Waals surface area contributed by atoms with E-state index in [9.17, 15) is 9.90 Å². The minimum atomic E-state index is -0.157. The number of fused-ring (bicyclic) bond motifs is 5. The fourth-order valence-electron chi connectivity index (χ4n) is 10.4. The van der Waals surface area contributed by atoms with Gasteiger partial charge in [-0.05, 0) is 142 Å². The molecule has 1 aromatic rings. The van der Waals surface area contributed by atoms with Gasteiger partial charge in [-0.3, -0.25) is 9.78 Å². The zero-order valence-electron chi connectivity index (χ0n) is 26.2. The minimum Gasteiger partial charge on any atom is -0.469 e. The molecule has 0 radical (unpaired) electrons. The van der Waals surface area contributed by atoms with Crippen LogP contribution in [0.25, 0.3) is 0 Å². The predicted octanol–water partition coefficient (Wildman–Crippen LogP) is 6.13. The number of aliphatic hydroxyl groups is 1. The molecule has 10 atom stereocenters. The zero-order chi connectivity index (χ0) is 29.0. The standard InChI is InChI=1S/C35H57N3O3/c1-24(10-13-32(40)41-4)28-11-12-29-33-30(15-17-35(28,29)3)34(2)16-14-26(21-25(34)22-31(33)39)37-20-8-7-18-36-23-27-9-5-6-19-38-27/h5-6,9,19,24-26,28-31,33,36-37,39H,7-8,10-18,20-23H2,1-4H3/t24-,25?,26+,28-,29+,30+,31-,33+,34+,35-/m1/s1. The van der Waals surface area contributed by atoms with Crippen molar-refractivity contribution in [3.63, 3.8) is 0 Å². The molecular formula is C35H57N3O3. The van der Waals surface area contributed by atoms with E-state index < -0.39 is 0 Å². The molecule has 0 aromatic carbocycles. The molecule has 0 saturated heterocycles. The van der Waals surface area contributed by atoms with Gasteiger partial charge in [0.1, 0.15) is 0 Å². The van der Waals surface area contributed by atoms with Crippen LogP contribution in [0.4, 0.5) is 0 Å². The number of unbranched alkanes of at least 4 members (excludes halogenated alkanes) is 1. The maximum Gasteiger partial charge on any atom is 0.305 e. The molecule has 4 aliphatic carbocycles. The summed E-state index contributed by atoms with van der Waals surface area (Å²) in [6.45, 7) is 10.5. The molecule has 230 valence electrons. The van der Waals surface area contributed by atoms with Gasteiger partial charge in [-0.15, -0.1) is 0 Å². The van der Waals surface area contributed by atoms with Crippen molar-refractivity contribution in [2.75, 3.05) is 20.2 Å². The van der Waals surface area contributed by atoms with E-state index in [-0.39, 0.29) is 12.1 Å². The van der Waals surface area contributed by atoms with Crippen LogP contribution in [0.15, 0.2) is 24.4 Å². The average molecular weight is 568 g/mol. The lowest BCUT2D eigenvalue weighted by molar-refractivity contribution is -0.167. The smallest absolute Gasteiger partial charge is 0.305 e. The monoisotopic (exact) mass is 567 g/mol. The highest BCUT2D eigenvalue weighted by molar-refractivity contribution is 5.69. The van der Waals surface area contributed by atoms with Crippen LogP contribution in [0.5, 0.6) is 0 Å². The number of carbonyl (C=O) groups excluding carboxylic acids is 1. The summed E-state index contributed by atoms with van der Waals surface area (Å²) in [6, 6.07) is 6.67. The third-order valence-corrected chi connectivity index (χ3v) is 12.7. The summed E-state index contributed by atoms with van der Waals surface area (Å²) in [5.74, 6) is 3.47.